The van der Waals surface area contributed by atoms with Crippen LogP contribution in [0, 0.1) is 5.82 Å². The summed E-state index contributed by atoms with van der Waals surface area (Å²) < 4.78 is 12.9. The SMILES string of the molecule is O=C(c1cc(NCCc2ccc(F)cc2)ccn1)N1CCCC1. The fourth-order valence-electron chi connectivity index (χ4n) is 2.74. The van der Waals surface area contributed by atoms with Crippen LogP contribution >= 0.6 is 0 Å². The Kier molecular flexibility index (Phi) is 4.86. The van der Waals surface area contributed by atoms with Crippen LogP contribution in [-0.4, -0.2) is 35.4 Å². The van der Waals surface area contributed by atoms with E-state index in [1.165, 1.54) is 12.1 Å². The summed E-state index contributed by atoms with van der Waals surface area (Å²) in [6.45, 7) is 2.36. The average molecular weight is 313 g/mol. The number of carbonyl (C=O) groups excluding carboxylic acids is 1. The molecule has 23 heavy (non-hydrogen) atoms. The number of amides is 1. The van der Waals surface area contributed by atoms with E-state index in [-0.39, 0.29) is 11.7 Å². The minimum Gasteiger partial charge on any atom is -0.385 e. The molecule has 0 radical (unpaired) electrons. The first kappa shape index (κ1) is 15.5. The van der Waals surface area contributed by atoms with E-state index in [2.05, 4.69) is 10.3 Å². The molecular formula is C18H20FN3O. The summed E-state index contributed by atoms with van der Waals surface area (Å²) in [5.74, 6) is -0.217. The van der Waals surface area contributed by atoms with Crippen molar-refractivity contribution < 1.29 is 9.18 Å². The van der Waals surface area contributed by atoms with Crippen molar-refractivity contribution in [3.63, 3.8) is 0 Å². The molecular weight excluding hydrogens is 293 g/mol. The van der Waals surface area contributed by atoms with Crippen LogP contribution in [0.5, 0.6) is 0 Å². The van der Waals surface area contributed by atoms with Gasteiger partial charge in [-0.05, 0) is 49.1 Å². The normalized spacial score (nSPS) is 14.0. The van der Waals surface area contributed by atoms with E-state index in [4.69, 9.17) is 0 Å². The highest BCUT2D eigenvalue weighted by Gasteiger charge is 2.20. The van der Waals surface area contributed by atoms with E-state index >= 15 is 0 Å². The van der Waals surface area contributed by atoms with Gasteiger partial charge in [-0.1, -0.05) is 12.1 Å². The Hall–Kier alpha value is -2.43. The third-order valence-corrected chi connectivity index (χ3v) is 4.03. The second kappa shape index (κ2) is 7.22. The third-order valence-electron chi connectivity index (χ3n) is 4.03. The van der Waals surface area contributed by atoms with Crippen LogP contribution in [0.2, 0.25) is 0 Å². The van der Waals surface area contributed by atoms with Gasteiger partial charge in [0.25, 0.3) is 5.91 Å². The van der Waals surface area contributed by atoms with Crippen molar-refractivity contribution in [2.75, 3.05) is 25.0 Å². The molecule has 1 N–H and O–H groups in total. The molecule has 0 unspecified atom stereocenters. The van der Waals surface area contributed by atoms with Crippen LogP contribution in [0.4, 0.5) is 10.1 Å². The van der Waals surface area contributed by atoms with Crippen molar-refractivity contribution in [3.05, 3.63) is 59.7 Å². The molecule has 5 heteroatoms. The van der Waals surface area contributed by atoms with Gasteiger partial charge in [0, 0.05) is 31.5 Å². The zero-order valence-corrected chi connectivity index (χ0v) is 13.0. The lowest BCUT2D eigenvalue weighted by Crippen LogP contribution is -2.28. The van der Waals surface area contributed by atoms with Gasteiger partial charge in [-0.2, -0.15) is 0 Å². The average Bonchev–Trinajstić information content (AvgIpc) is 3.11. The molecule has 0 saturated carbocycles. The van der Waals surface area contributed by atoms with Gasteiger partial charge in [-0.25, -0.2) is 4.39 Å². The zero-order valence-electron chi connectivity index (χ0n) is 13.0. The Labute approximate surface area is 135 Å². The lowest BCUT2D eigenvalue weighted by atomic mass is 10.1. The second-order valence-corrected chi connectivity index (χ2v) is 5.73. The number of halogens is 1. The Morgan fingerprint density at radius 1 is 1.17 bits per heavy atom. The maximum Gasteiger partial charge on any atom is 0.272 e. The predicted octanol–water partition coefficient (Wildman–Crippen LogP) is 3.11. The van der Waals surface area contributed by atoms with Crippen LogP contribution in [0.25, 0.3) is 0 Å². The van der Waals surface area contributed by atoms with Gasteiger partial charge in [0.2, 0.25) is 0 Å². The largest absolute Gasteiger partial charge is 0.385 e. The first-order valence-electron chi connectivity index (χ1n) is 7.96. The van der Waals surface area contributed by atoms with E-state index in [0.29, 0.717) is 12.2 Å². The molecule has 0 aliphatic carbocycles. The number of anilines is 1. The monoisotopic (exact) mass is 313 g/mol. The number of nitrogens with zero attached hydrogens (tertiary/aromatic N) is 2. The number of benzene rings is 1. The fourth-order valence-corrected chi connectivity index (χ4v) is 2.74. The molecule has 1 aromatic carbocycles. The van der Waals surface area contributed by atoms with E-state index in [1.807, 2.05) is 11.0 Å². The van der Waals surface area contributed by atoms with E-state index in [1.54, 1.807) is 24.4 Å². The first-order valence-corrected chi connectivity index (χ1v) is 7.96. The van der Waals surface area contributed by atoms with Crippen LogP contribution < -0.4 is 5.32 Å². The number of hydrogen-bond donors (Lipinski definition) is 1. The van der Waals surface area contributed by atoms with Gasteiger partial charge in [0.1, 0.15) is 11.5 Å². The molecule has 1 aliphatic heterocycles. The smallest absolute Gasteiger partial charge is 0.272 e. The molecule has 1 amide bonds. The van der Waals surface area contributed by atoms with Crippen LogP contribution in [0.1, 0.15) is 28.9 Å². The molecule has 2 heterocycles. The number of hydrogen-bond acceptors (Lipinski definition) is 3. The molecule has 120 valence electrons. The van der Waals surface area contributed by atoms with Crippen LogP contribution in [0.3, 0.4) is 0 Å². The lowest BCUT2D eigenvalue weighted by molar-refractivity contribution is 0.0787. The highest BCUT2D eigenvalue weighted by Crippen LogP contribution is 2.14. The molecule has 1 fully saturated rings. The topological polar surface area (TPSA) is 45.2 Å². The minimum absolute atomic E-state index is 0.00434. The Bertz CT molecular complexity index is 666. The van der Waals surface area contributed by atoms with Crippen LogP contribution in [-0.2, 0) is 6.42 Å². The molecule has 1 aliphatic rings. The molecule has 3 rings (SSSR count). The van der Waals surface area contributed by atoms with Crippen molar-refractivity contribution in [3.8, 4) is 0 Å². The number of rotatable bonds is 5. The molecule has 2 aromatic rings. The van der Waals surface area contributed by atoms with Gasteiger partial charge >= 0.3 is 0 Å². The number of likely N-dealkylation sites (tertiary alicyclic amines) is 1. The van der Waals surface area contributed by atoms with E-state index in [9.17, 15) is 9.18 Å². The summed E-state index contributed by atoms with van der Waals surface area (Å²) in [4.78, 5) is 18.4. The predicted molar refractivity (Wildman–Crippen MR) is 88.0 cm³/mol. The molecule has 1 saturated heterocycles. The molecule has 0 spiro atoms. The summed E-state index contributed by atoms with van der Waals surface area (Å²) in [6.07, 6.45) is 4.59. The molecule has 4 nitrogen and oxygen atoms in total. The van der Waals surface area contributed by atoms with Crippen LogP contribution in [0.15, 0.2) is 42.6 Å². The van der Waals surface area contributed by atoms with Crippen molar-refractivity contribution in [1.82, 2.24) is 9.88 Å². The summed E-state index contributed by atoms with van der Waals surface area (Å²) in [5, 5.41) is 3.29. The maximum absolute atomic E-state index is 12.9. The quantitative estimate of drug-likeness (QED) is 0.922. The second-order valence-electron chi connectivity index (χ2n) is 5.73. The van der Waals surface area contributed by atoms with Gasteiger partial charge in [-0.3, -0.25) is 9.78 Å². The summed E-state index contributed by atoms with van der Waals surface area (Å²) in [7, 11) is 0. The zero-order chi connectivity index (χ0) is 16.1. The first-order chi connectivity index (χ1) is 11.2. The number of nitrogens with one attached hydrogen (secondary N) is 1. The van der Waals surface area contributed by atoms with E-state index < -0.39 is 0 Å². The third kappa shape index (κ3) is 4.06. The van der Waals surface area contributed by atoms with Gasteiger partial charge < -0.3 is 10.2 Å². The van der Waals surface area contributed by atoms with Crippen molar-refractivity contribution in [2.45, 2.75) is 19.3 Å². The molecule has 0 atom stereocenters. The Morgan fingerprint density at radius 3 is 2.65 bits per heavy atom. The van der Waals surface area contributed by atoms with Gasteiger partial charge in [0.05, 0.1) is 0 Å². The minimum atomic E-state index is -0.221. The van der Waals surface area contributed by atoms with Crippen molar-refractivity contribution >= 4 is 11.6 Å². The fraction of sp³-hybridized carbons (Fsp3) is 0.333. The van der Waals surface area contributed by atoms with Crippen molar-refractivity contribution in [2.24, 2.45) is 0 Å². The highest BCUT2D eigenvalue weighted by molar-refractivity contribution is 5.93. The molecule has 0 bridgehead atoms. The Balaban J connectivity index is 1.56. The number of aromatic nitrogens is 1. The molecule has 1 aromatic heterocycles. The van der Waals surface area contributed by atoms with Gasteiger partial charge in [0.15, 0.2) is 0 Å². The number of pyridine rings is 1. The standard InChI is InChI=1S/C18H20FN3O/c19-15-5-3-14(4-6-15)7-9-20-16-8-10-21-17(13-16)18(23)22-11-1-2-12-22/h3-6,8,10,13H,1-2,7,9,11-12H2,(H,20,21). The van der Waals surface area contributed by atoms with Gasteiger partial charge in [-0.15, -0.1) is 0 Å². The number of carbonyl (C=O) groups is 1. The summed E-state index contributed by atoms with van der Waals surface area (Å²) >= 11 is 0. The summed E-state index contributed by atoms with van der Waals surface area (Å²) in [5.41, 5.74) is 2.43. The Morgan fingerprint density at radius 2 is 1.91 bits per heavy atom. The lowest BCUT2D eigenvalue weighted by Gasteiger charge is -2.15. The van der Waals surface area contributed by atoms with E-state index in [0.717, 1.165) is 43.6 Å². The maximum atomic E-state index is 12.9. The highest BCUT2D eigenvalue weighted by atomic mass is 19.1. The summed E-state index contributed by atoms with van der Waals surface area (Å²) in [6, 6.07) is 10.2. The van der Waals surface area contributed by atoms with Crippen molar-refractivity contribution in [1.29, 1.82) is 0 Å².